The van der Waals surface area contributed by atoms with Crippen LogP contribution in [0.3, 0.4) is 0 Å². The Hall–Kier alpha value is -0.890. The zero-order chi connectivity index (χ0) is 12.5. The van der Waals surface area contributed by atoms with Gasteiger partial charge in [-0.25, -0.2) is 0 Å². The summed E-state index contributed by atoms with van der Waals surface area (Å²) in [4.78, 5) is 4.40. The van der Waals surface area contributed by atoms with Crippen molar-refractivity contribution in [1.29, 1.82) is 0 Å². The van der Waals surface area contributed by atoms with Crippen molar-refractivity contribution < 1.29 is 0 Å². The number of nitrogens with zero attached hydrogens (tertiary/aromatic N) is 1. The second kappa shape index (κ2) is 8.24. The maximum atomic E-state index is 6.15. The molecule has 2 heteroatoms. The number of pyridine rings is 1. The summed E-state index contributed by atoms with van der Waals surface area (Å²) in [7, 11) is 0. The lowest BCUT2D eigenvalue weighted by Crippen LogP contribution is -2.23. The normalized spacial score (nSPS) is 12.6. The number of hydrogen-bond acceptors (Lipinski definition) is 2. The first kappa shape index (κ1) is 14.2. The molecule has 0 aliphatic rings. The molecule has 1 heterocycles. The summed E-state index contributed by atoms with van der Waals surface area (Å²) in [5.74, 6) is 0. The third kappa shape index (κ3) is 5.83. The molecule has 1 atom stereocenters. The van der Waals surface area contributed by atoms with Gasteiger partial charge in [0.05, 0.1) is 0 Å². The van der Waals surface area contributed by atoms with Crippen LogP contribution in [0.25, 0.3) is 0 Å². The zero-order valence-corrected chi connectivity index (χ0v) is 11.3. The topological polar surface area (TPSA) is 38.9 Å². The van der Waals surface area contributed by atoms with Gasteiger partial charge in [-0.2, -0.15) is 0 Å². The third-order valence-corrected chi connectivity index (χ3v) is 3.25. The molecule has 2 nitrogen and oxygen atoms in total. The number of rotatable bonds is 8. The van der Waals surface area contributed by atoms with E-state index in [1.54, 1.807) is 0 Å². The Morgan fingerprint density at radius 2 is 2.00 bits per heavy atom. The highest BCUT2D eigenvalue weighted by Gasteiger charge is 2.06. The second-order valence-electron chi connectivity index (χ2n) is 4.93. The van der Waals surface area contributed by atoms with E-state index >= 15 is 0 Å². The summed E-state index contributed by atoms with van der Waals surface area (Å²) in [6.07, 6.45) is 10.5. The van der Waals surface area contributed by atoms with Crippen LogP contribution in [0.2, 0.25) is 0 Å². The Balaban J connectivity index is 2.21. The Morgan fingerprint density at radius 3 is 2.71 bits per heavy atom. The monoisotopic (exact) mass is 234 g/mol. The summed E-state index contributed by atoms with van der Waals surface area (Å²) in [5, 5.41) is 0. The van der Waals surface area contributed by atoms with Crippen LogP contribution in [0.1, 0.15) is 56.7 Å². The minimum Gasteiger partial charge on any atom is -0.327 e. The van der Waals surface area contributed by atoms with Gasteiger partial charge >= 0.3 is 0 Å². The molecule has 0 aromatic carbocycles. The zero-order valence-electron chi connectivity index (χ0n) is 11.3. The van der Waals surface area contributed by atoms with Gasteiger partial charge < -0.3 is 5.73 Å². The van der Waals surface area contributed by atoms with Crippen molar-refractivity contribution in [1.82, 2.24) is 4.98 Å². The molecule has 0 aliphatic carbocycles. The van der Waals surface area contributed by atoms with Gasteiger partial charge in [0, 0.05) is 24.4 Å². The third-order valence-electron chi connectivity index (χ3n) is 3.25. The van der Waals surface area contributed by atoms with Crippen molar-refractivity contribution in [2.24, 2.45) is 5.73 Å². The van der Waals surface area contributed by atoms with Crippen molar-refractivity contribution in [2.45, 2.75) is 64.8 Å². The van der Waals surface area contributed by atoms with E-state index < -0.39 is 0 Å². The highest BCUT2D eigenvalue weighted by Crippen LogP contribution is 2.11. The average molecular weight is 234 g/mol. The van der Waals surface area contributed by atoms with Crippen molar-refractivity contribution in [3.63, 3.8) is 0 Å². The lowest BCUT2D eigenvalue weighted by molar-refractivity contribution is 0.534. The minimum atomic E-state index is 0.269. The van der Waals surface area contributed by atoms with E-state index in [1.165, 1.54) is 37.7 Å². The summed E-state index contributed by atoms with van der Waals surface area (Å²) < 4.78 is 0. The minimum absolute atomic E-state index is 0.269. The van der Waals surface area contributed by atoms with E-state index in [9.17, 15) is 0 Å². The molecule has 2 N–H and O–H groups in total. The quantitative estimate of drug-likeness (QED) is 0.698. The van der Waals surface area contributed by atoms with Gasteiger partial charge in [-0.15, -0.1) is 0 Å². The molecule has 1 aromatic rings. The molecule has 0 radical (unpaired) electrons. The molecule has 1 unspecified atom stereocenters. The van der Waals surface area contributed by atoms with E-state index in [-0.39, 0.29) is 6.04 Å². The number of aromatic nitrogens is 1. The summed E-state index contributed by atoms with van der Waals surface area (Å²) in [6, 6.07) is 4.36. The van der Waals surface area contributed by atoms with Crippen LogP contribution in [0, 0.1) is 6.92 Å². The Labute approximate surface area is 106 Å². The molecule has 96 valence electrons. The number of hydrogen-bond donors (Lipinski definition) is 1. The van der Waals surface area contributed by atoms with Crippen LogP contribution in [0.15, 0.2) is 18.3 Å². The van der Waals surface area contributed by atoms with Crippen LogP contribution >= 0.6 is 0 Å². The molecule has 0 aliphatic heterocycles. The van der Waals surface area contributed by atoms with Gasteiger partial charge in [0.1, 0.15) is 0 Å². The maximum Gasteiger partial charge on any atom is 0.0448 e. The molecule has 17 heavy (non-hydrogen) atoms. The van der Waals surface area contributed by atoms with Crippen molar-refractivity contribution >= 4 is 0 Å². The number of unbranched alkanes of at least 4 members (excludes halogenated alkanes) is 4. The maximum absolute atomic E-state index is 6.15. The lowest BCUT2D eigenvalue weighted by Gasteiger charge is -2.12. The second-order valence-corrected chi connectivity index (χ2v) is 4.93. The Kier molecular flexibility index (Phi) is 6.87. The van der Waals surface area contributed by atoms with Crippen molar-refractivity contribution in [3.8, 4) is 0 Å². The van der Waals surface area contributed by atoms with Crippen LogP contribution in [-0.2, 0) is 6.42 Å². The highest BCUT2D eigenvalue weighted by molar-refractivity contribution is 5.18. The smallest absolute Gasteiger partial charge is 0.0448 e. The van der Waals surface area contributed by atoms with Gasteiger partial charge in [-0.3, -0.25) is 4.98 Å². The van der Waals surface area contributed by atoms with Gasteiger partial charge in [0.15, 0.2) is 0 Å². The van der Waals surface area contributed by atoms with E-state index in [2.05, 4.69) is 24.9 Å². The van der Waals surface area contributed by atoms with Gasteiger partial charge in [0.25, 0.3) is 0 Å². The summed E-state index contributed by atoms with van der Waals surface area (Å²) in [5.41, 5.74) is 8.57. The fourth-order valence-corrected chi connectivity index (χ4v) is 2.09. The molecule has 0 amide bonds. The first-order valence-electron chi connectivity index (χ1n) is 6.90. The first-order chi connectivity index (χ1) is 8.24. The molecular weight excluding hydrogens is 208 g/mol. The number of nitrogens with two attached hydrogens (primary N) is 1. The lowest BCUT2D eigenvalue weighted by atomic mass is 10.0. The molecular formula is C15H26N2. The SMILES string of the molecule is CCCCCCCC(N)Cc1ncccc1C. The van der Waals surface area contributed by atoms with Crippen molar-refractivity contribution in [3.05, 3.63) is 29.6 Å². The molecule has 1 aromatic heterocycles. The number of aryl methyl sites for hydroxylation is 1. The molecule has 0 saturated carbocycles. The standard InChI is InChI=1S/C15H26N2/c1-3-4-5-6-7-10-14(16)12-15-13(2)9-8-11-17-15/h8-9,11,14H,3-7,10,12,16H2,1-2H3. The van der Waals surface area contributed by atoms with E-state index in [0.717, 1.165) is 18.5 Å². The van der Waals surface area contributed by atoms with E-state index in [4.69, 9.17) is 5.73 Å². The van der Waals surface area contributed by atoms with Gasteiger partial charge in [-0.1, -0.05) is 45.1 Å². The summed E-state index contributed by atoms with van der Waals surface area (Å²) in [6.45, 7) is 4.35. The van der Waals surface area contributed by atoms with Gasteiger partial charge in [-0.05, 0) is 25.0 Å². The van der Waals surface area contributed by atoms with Crippen LogP contribution < -0.4 is 5.73 Å². The largest absolute Gasteiger partial charge is 0.327 e. The highest BCUT2D eigenvalue weighted by atomic mass is 14.7. The average Bonchev–Trinajstić information content (AvgIpc) is 2.32. The first-order valence-corrected chi connectivity index (χ1v) is 6.90. The molecule has 0 spiro atoms. The fourth-order valence-electron chi connectivity index (χ4n) is 2.09. The summed E-state index contributed by atoms with van der Waals surface area (Å²) >= 11 is 0. The molecule has 0 bridgehead atoms. The van der Waals surface area contributed by atoms with Crippen LogP contribution in [0.5, 0.6) is 0 Å². The Morgan fingerprint density at radius 1 is 1.24 bits per heavy atom. The molecule has 1 rings (SSSR count). The van der Waals surface area contributed by atoms with Gasteiger partial charge in [0.2, 0.25) is 0 Å². The fraction of sp³-hybridized carbons (Fsp3) is 0.667. The van der Waals surface area contributed by atoms with Crippen LogP contribution in [0.4, 0.5) is 0 Å². The van der Waals surface area contributed by atoms with E-state index in [0.29, 0.717) is 0 Å². The van der Waals surface area contributed by atoms with E-state index in [1.807, 2.05) is 12.3 Å². The predicted octanol–water partition coefficient (Wildman–Crippen LogP) is 3.62. The Bertz CT molecular complexity index is 310. The van der Waals surface area contributed by atoms with Crippen molar-refractivity contribution in [2.75, 3.05) is 0 Å². The van der Waals surface area contributed by atoms with Crippen LogP contribution in [-0.4, -0.2) is 11.0 Å². The molecule has 0 saturated heterocycles. The predicted molar refractivity (Wildman–Crippen MR) is 74.0 cm³/mol. The molecule has 0 fully saturated rings.